The van der Waals surface area contributed by atoms with E-state index in [2.05, 4.69) is 4.98 Å². The summed E-state index contributed by atoms with van der Waals surface area (Å²) in [6.07, 6.45) is 0. The van der Waals surface area contributed by atoms with E-state index in [1.807, 2.05) is 29.6 Å². The first kappa shape index (κ1) is 11.4. The lowest BCUT2D eigenvalue weighted by Gasteiger charge is -2.08. The highest BCUT2D eigenvalue weighted by atomic mass is 32.1. The van der Waals surface area contributed by atoms with Gasteiger partial charge < -0.3 is 9.47 Å². The van der Waals surface area contributed by atoms with Gasteiger partial charge in [-0.2, -0.15) is 5.26 Å². The molecule has 4 nitrogen and oxygen atoms in total. The summed E-state index contributed by atoms with van der Waals surface area (Å²) < 4.78 is 10.4. The summed E-state index contributed by atoms with van der Waals surface area (Å²) in [6, 6.07) is 7.50. The predicted octanol–water partition coefficient (Wildman–Crippen LogP) is 2.70. The quantitative estimate of drug-likeness (QED) is 0.835. The summed E-state index contributed by atoms with van der Waals surface area (Å²) in [5.74, 6) is 1.44. The van der Waals surface area contributed by atoms with E-state index in [1.54, 1.807) is 14.2 Å². The fraction of sp³-hybridized carbons (Fsp3) is 0.167. The molecule has 0 radical (unpaired) electrons. The smallest absolute Gasteiger partial charge is 0.194 e. The molecule has 0 saturated carbocycles. The molecule has 0 atom stereocenters. The fourth-order valence-electron chi connectivity index (χ4n) is 1.46. The molecule has 0 N–H and O–H groups in total. The first-order valence-electron chi connectivity index (χ1n) is 4.86. The number of nitrogens with zero attached hydrogens (tertiary/aromatic N) is 2. The van der Waals surface area contributed by atoms with Gasteiger partial charge in [0, 0.05) is 10.9 Å². The maximum Gasteiger partial charge on any atom is 0.194 e. The maximum absolute atomic E-state index is 8.77. The van der Waals surface area contributed by atoms with Gasteiger partial charge in [-0.3, -0.25) is 0 Å². The highest BCUT2D eigenvalue weighted by Crippen LogP contribution is 2.33. The largest absolute Gasteiger partial charge is 0.497 e. The van der Waals surface area contributed by atoms with Crippen molar-refractivity contribution in [2.45, 2.75) is 0 Å². The highest BCUT2D eigenvalue weighted by molar-refractivity contribution is 7.10. The summed E-state index contributed by atoms with van der Waals surface area (Å²) in [5, 5.41) is 11.0. The van der Waals surface area contributed by atoms with E-state index < -0.39 is 0 Å². The molecule has 5 heteroatoms. The van der Waals surface area contributed by atoms with Gasteiger partial charge >= 0.3 is 0 Å². The average Bonchev–Trinajstić information content (AvgIpc) is 2.86. The van der Waals surface area contributed by atoms with E-state index in [9.17, 15) is 0 Å². The van der Waals surface area contributed by atoms with Crippen LogP contribution in [0.1, 0.15) is 5.01 Å². The van der Waals surface area contributed by atoms with E-state index in [1.165, 1.54) is 11.3 Å². The normalized spacial score (nSPS) is 9.71. The standard InChI is InChI=1S/C12H10N2O2S/c1-15-8-3-4-11(16-2)9(5-8)10-7-17-12(6-13)14-10/h3-5,7H,1-2H3. The Morgan fingerprint density at radius 3 is 2.71 bits per heavy atom. The molecule has 0 saturated heterocycles. The summed E-state index contributed by atoms with van der Waals surface area (Å²) in [4.78, 5) is 4.20. The van der Waals surface area contributed by atoms with Crippen molar-refractivity contribution < 1.29 is 9.47 Å². The minimum atomic E-state index is 0.435. The van der Waals surface area contributed by atoms with Gasteiger partial charge in [0.2, 0.25) is 0 Å². The second-order valence-corrected chi connectivity index (χ2v) is 4.07. The highest BCUT2D eigenvalue weighted by Gasteiger charge is 2.11. The van der Waals surface area contributed by atoms with Crippen molar-refractivity contribution in [3.63, 3.8) is 0 Å². The van der Waals surface area contributed by atoms with Gasteiger partial charge in [-0.25, -0.2) is 4.98 Å². The molecule has 1 aromatic carbocycles. The SMILES string of the molecule is COc1ccc(OC)c(-c2csc(C#N)n2)c1. The molecular formula is C12H10N2O2S. The van der Waals surface area contributed by atoms with Crippen molar-refractivity contribution in [2.24, 2.45) is 0 Å². The van der Waals surface area contributed by atoms with Crippen LogP contribution in [0.5, 0.6) is 11.5 Å². The first-order chi connectivity index (χ1) is 8.28. The van der Waals surface area contributed by atoms with Crippen LogP contribution in [-0.4, -0.2) is 19.2 Å². The van der Waals surface area contributed by atoms with E-state index in [0.29, 0.717) is 10.8 Å². The number of nitriles is 1. The summed E-state index contributed by atoms with van der Waals surface area (Å²) >= 11 is 1.31. The van der Waals surface area contributed by atoms with Crippen LogP contribution in [0.2, 0.25) is 0 Å². The minimum Gasteiger partial charge on any atom is -0.497 e. The Labute approximate surface area is 103 Å². The van der Waals surface area contributed by atoms with Gasteiger partial charge in [0.15, 0.2) is 5.01 Å². The number of hydrogen-bond acceptors (Lipinski definition) is 5. The number of rotatable bonds is 3. The zero-order valence-electron chi connectivity index (χ0n) is 9.43. The molecule has 0 unspecified atom stereocenters. The van der Waals surface area contributed by atoms with Crippen LogP contribution in [0.25, 0.3) is 11.3 Å². The van der Waals surface area contributed by atoms with Crippen molar-refractivity contribution >= 4 is 11.3 Å². The molecule has 1 heterocycles. The summed E-state index contributed by atoms with van der Waals surface area (Å²) in [6.45, 7) is 0. The number of aromatic nitrogens is 1. The molecule has 0 aliphatic carbocycles. The summed E-state index contributed by atoms with van der Waals surface area (Å²) in [5.41, 5.74) is 1.55. The van der Waals surface area contributed by atoms with E-state index in [-0.39, 0.29) is 0 Å². The zero-order chi connectivity index (χ0) is 12.3. The van der Waals surface area contributed by atoms with Gasteiger partial charge in [0.1, 0.15) is 17.6 Å². The van der Waals surface area contributed by atoms with Crippen LogP contribution in [-0.2, 0) is 0 Å². The molecule has 0 amide bonds. The Morgan fingerprint density at radius 1 is 1.29 bits per heavy atom. The van der Waals surface area contributed by atoms with Crippen LogP contribution < -0.4 is 9.47 Å². The average molecular weight is 246 g/mol. The first-order valence-corrected chi connectivity index (χ1v) is 5.74. The van der Waals surface area contributed by atoms with Gasteiger partial charge in [-0.1, -0.05) is 0 Å². The third-order valence-electron chi connectivity index (χ3n) is 2.28. The predicted molar refractivity (Wildman–Crippen MR) is 65.4 cm³/mol. The van der Waals surface area contributed by atoms with Crippen molar-refractivity contribution in [3.05, 3.63) is 28.6 Å². The van der Waals surface area contributed by atoms with Crippen molar-refractivity contribution in [1.82, 2.24) is 4.98 Å². The Morgan fingerprint density at radius 2 is 2.12 bits per heavy atom. The fourth-order valence-corrected chi connectivity index (χ4v) is 2.07. The molecule has 0 spiro atoms. The van der Waals surface area contributed by atoms with Crippen molar-refractivity contribution in [1.29, 1.82) is 5.26 Å². The molecule has 2 rings (SSSR count). The third-order valence-corrected chi connectivity index (χ3v) is 3.03. The maximum atomic E-state index is 8.77. The Bertz CT molecular complexity index is 572. The van der Waals surface area contributed by atoms with Gasteiger partial charge in [-0.15, -0.1) is 11.3 Å². The second kappa shape index (κ2) is 4.85. The lowest BCUT2D eigenvalue weighted by Crippen LogP contribution is -1.90. The molecule has 17 heavy (non-hydrogen) atoms. The van der Waals surface area contributed by atoms with Crippen molar-refractivity contribution in [2.75, 3.05) is 14.2 Å². The minimum absolute atomic E-state index is 0.435. The Hall–Kier alpha value is -2.06. The lowest BCUT2D eigenvalue weighted by atomic mass is 10.1. The van der Waals surface area contributed by atoms with E-state index in [4.69, 9.17) is 14.7 Å². The molecule has 0 aliphatic heterocycles. The topological polar surface area (TPSA) is 55.1 Å². The van der Waals surface area contributed by atoms with Gasteiger partial charge in [0.25, 0.3) is 0 Å². The Balaban J connectivity index is 2.52. The zero-order valence-corrected chi connectivity index (χ0v) is 10.2. The van der Waals surface area contributed by atoms with Crippen LogP contribution in [0.4, 0.5) is 0 Å². The summed E-state index contributed by atoms with van der Waals surface area (Å²) in [7, 11) is 3.20. The molecule has 0 fully saturated rings. The van der Waals surface area contributed by atoms with Gasteiger partial charge in [-0.05, 0) is 18.2 Å². The monoisotopic (exact) mass is 246 g/mol. The number of hydrogen-bond donors (Lipinski definition) is 0. The number of benzene rings is 1. The van der Waals surface area contributed by atoms with E-state index >= 15 is 0 Å². The molecule has 1 aromatic heterocycles. The third kappa shape index (κ3) is 2.22. The van der Waals surface area contributed by atoms with Crippen LogP contribution >= 0.6 is 11.3 Å². The Kier molecular flexibility index (Phi) is 3.26. The van der Waals surface area contributed by atoms with Crippen LogP contribution in [0.3, 0.4) is 0 Å². The lowest BCUT2D eigenvalue weighted by molar-refractivity contribution is 0.404. The van der Waals surface area contributed by atoms with Crippen LogP contribution in [0.15, 0.2) is 23.6 Å². The van der Waals surface area contributed by atoms with Crippen LogP contribution in [0, 0.1) is 11.3 Å². The van der Waals surface area contributed by atoms with Gasteiger partial charge in [0.05, 0.1) is 19.9 Å². The number of methoxy groups -OCH3 is 2. The number of ether oxygens (including phenoxy) is 2. The van der Waals surface area contributed by atoms with Crippen molar-refractivity contribution in [3.8, 4) is 28.8 Å². The molecule has 0 aliphatic rings. The molecule has 0 bridgehead atoms. The molecule has 2 aromatic rings. The molecular weight excluding hydrogens is 236 g/mol. The van der Waals surface area contributed by atoms with E-state index in [0.717, 1.165) is 17.0 Å². The second-order valence-electron chi connectivity index (χ2n) is 3.22. The molecule has 86 valence electrons. The number of thiazole rings is 1.